The number of hydrogen-bond donors (Lipinski definition) is 2. The highest BCUT2D eigenvalue weighted by molar-refractivity contribution is 5.73. The lowest BCUT2D eigenvalue weighted by atomic mass is 9.75. The number of nitrogens with one attached hydrogen (secondary N) is 1. The molecule has 23 heavy (non-hydrogen) atoms. The number of aryl methyl sites for hydroxylation is 1. The van der Waals surface area contributed by atoms with Crippen LogP contribution in [0.2, 0.25) is 0 Å². The van der Waals surface area contributed by atoms with Gasteiger partial charge in [0.1, 0.15) is 0 Å². The maximum absolute atomic E-state index is 10.6. The molecule has 2 N–H and O–H groups in total. The number of rotatable bonds is 3. The first-order valence-electron chi connectivity index (χ1n) is 7.80. The second-order valence-corrected chi connectivity index (χ2v) is 6.35. The number of hydrogen-bond acceptors (Lipinski definition) is 2. The van der Waals surface area contributed by atoms with Crippen molar-refractivity contribution >= 4 is 5.97 Å². The van der Waals surface area contributed by atoms with E-state index in [4.69, 9.17) is 9.90 Å². The molecule has 2 aliphatic rings. The molecule has 0 atom stereocenters. The zero-order chi connectivity index (χ0) is 17.2. The second-order valence-electron chi connectivity index (χ2n) is 6.35. The Balaban J connectivity index is 0.000000236. The van der Waals surface area contributed by atoms with Crippen molar-refractivity contribution in [3.8, 4) is 0 Å². The highest BCUT2D eigenvalue weighted by atomic mass is 19.4. The van der Waals surface area contributed by atoms with E-state index in [-0.39, 0.29) is 0 Å². The van der Waals surface area contributed by atoms with Crippen molar-refractivity contribution in [3.63, 3.8) is 0 Å². The maximum Gasteiger partial charge on any atom is 0.490 e. The van der Waals surface area contributed by atoms with Crippen molar-refractivity contribution in [2.45, 2.75) is 56.7 Å². The molecule has 0 bridgehead atoms. The monoisotopic (exact) mass is 329 g/mol. The molecule has 0 unspecified atom stereocenters. The van der Waals surface area contributed by atoms with Gasteiger partial charge in [-0.05, 0) is 68.2 Å². The van der Waals surface area contributed by atoms with Crippen LogP contribution in [-0.4, -0.2) is 30.3 Å². The van der Waals surface area contributed by atoms with Crippen LogP contribution in [0.4, 0.5) is 13.2 Å². The van der Waals surface area contributed by atoms with E-state index >= 15 is 0 Å². The van der Waals surface area contributed by atoms with Crippen molar-refractivity contribution in [2.24, 2.45) is 0 Å². The molecule has 2 saturated carbocycles. The fourth-order valence-corrected chi connectivity index (χ4v) is 2.87. The lowest BCUT2D eigenvalue weighted by Crippen LogP contribution is -2.37. The Morgan fingerprint density at radius 1 is 1.22 bits per heavy atom. The van der Waals surface area contributed by atoms with Gasteiger partial charge in [0.15, 0.2) is 0 Å². The molecular formula is C17H22F3NO2. The van der Waals surface area contributed by atoms with Gasteiger partial charge in [0, 0.05) is 6.04 Å². The van der Waals surface area contributed by atoms with Crippen LogP contribution in [-0.2, 0) is 4.79 Å². The summed E-state index contributed by atoms with van der Waals surface area (Å²) < 4.78 is 31.7. The highest BCUT2D eigenvalue weighted by Crippen LogP contribution is 2.44. The standard InChI is InChI=1S/C15H21N.C2HF3O2/c1-10-3-4-12(9-15(10)11-5-6-11)13-7-14(8-13)16-2;3-2(4,5)1(6)7/h3-4,9,11,13-14,16H,5-8H2,1-2H3;(H,6,7). The summed E-state index contributed by atoms with van der Waals surface area (Å²) in [5, 5.41) is 10.5. The van der Waals surface area contributed by atoms with Crippen molar-refractivity contribution in [1.82, 2.24) is 5.32 Å². The molecule has 2 fully saturated rings. The third kappa shape index (κ3) is 4.70. The maximum atomic E-state index is 10.6. The Kier molecular flexibility index (Phi) is 5.34. The van der Waals surface area contributed by atoms with Crippen LogP contribution in [0.25, 0.3) is 0 Å². The summed E-state index contributed by atoms with van der Waals surface area (Å²) in [6.45, 7) is 2.26. The van der Waals surface area contributed by atoms with E-state index in [2.05, 4.69) is 37.5 Å². The largest absolute Gasteiger partial charge is 0.490 e. The third-order valence-corrected chi connectivity index (χ3v) is 4.58. The smallest absolute Gasteiger partial charge is 0.475 e. The summed E-state index contributed by atoms with van der Waals surface area (Å²) in [5.41, 5.74) is 4.71. The minimum atomic E-state index is -5.08. The molecule has 3 rings (SSSR count). The molecule has 1 aromatic rings. The Morgan fingerprint density at radius 3 is 2.22 bits per heavy atom. The summed E-state index contributed by atoms with van der Waals surface area (Å²) >= 11 is 0. The van der Waals surface area contributed by atoms with Crippen LogP contribution < -0.4 is 5.32 Å². The molecule has 1 aromatic carbocycles. The number of alkyl halides is 3. The zero-order valence-corrected chi connectivity index (χ0v) is 13.3. The quantitative estimate of drug-likeness (QED) is 0.882. The van der Waals surface area contributed by atoms with Gasteiger partial charge in [0.25, 0.3) is 0 Å². The van der Waals surface area contributed by atoms with E-state index in [0.29, 0.717) is 0 Å². The van der Waals surface area contributed by atoms with Gasteiger partial charge in [-0.2, -0.15) is 13.2 Å². The van der Waals surface area contributed by atoms with Crippen molar-refractivity contribution in [2.75, 3.05) is 7.05 Å². The molecule has 3 nitrogen and oxygen atoms in total. The molecule has 0 spiro atoms. The van der Waals surface area contributed by atoms with Gasteiger partial charge < -0.3 is 10.4 Å². The number of carboxylic acid groups (broad SMARTS) is 1. The molecule has 0 radical (unpaired) electrons. The van der Waals surface area contributed by atoms with Gasteiger partial charge in [0.2, 0.25) is 0 Å². The average molecular weight is 329 g/mol. The summed E-state index contributed by atoms with van der Waals surface area (Å²) in [5.74, 6) is -1.05. The lowest BCUT2D eigenvalue weighted by Gasteiger charge is -2.35. The lowest BCUT2D eigenvalue weighted by molar-refractivity contribution is -0.192. The number of carboxylic acids is 1. The molecule has 2 aliphatic carbocycles. The number of halogens is 3. The third-order valence-electron chi connectivity index (χ3n) is 4.58. The van der Waals surface area contributed by atoms with Crippen LogP contribution in [0.5, 0.6) is 0 Å². The minimum absolute atomic E-state index is 0.760. The molecule has 6 heteroatoms. The molecular weight excluding hydrogens is 307 g/mol. The van der Waals surface area contributed by atoms with E-state index < -0.39 is 12.1 Å². The topological polar surface area (TPSA) is 49.3 Å². The van der Waals surface area contributed by atoms with Crippen molar-refractivity contribution in [3.05, 3.63) is 34.9 Å². The van der Waals surface area contributed by atoms with Gasteiger partial charge in [-0.15, -0.1) is 0 Å². The van der Waals surface area contributed by atoms with Gasteiger partial charge in [-0.25, -0.2) is 4.79 Å². The van der Waals surface area contributed by atoms with Crippen LogP contribution in [0.3, 0.4) is 0 Å². The van der Waals surface area contributed by atoms with Crippen LogP contribution in [0.1, 0.15) is 54.2 Å². The molecule has 0 saturated heterocycles. The van der Waals surface area contributed by atoms with Crippen LogP contribution in [0, 0.1) is 6.92 Å². The summed E-state index contributed by atoms with van der Waals surface area (Å²) in [7, 11) is 2.08. The summed E-state index contributed by atoms with van der Waals surface area (Å²) in [6, 6.07) is 7.92. The molecule has 128 valence electrons. The van der Waals surface area contributed by atoms with E-state index in [1.807, 2.05) is 0 Å². The first-order chi connectivity index (χ1) is 10.7. The zero-order valence-electron chi connectivity index (χ0n) is 13.3. The fourth-order valence-electron chi connectivity index (χ4n) is 2.87. The Bertz CT molecular complexity index is 561. The first-order valence-corrected chi connectivity index (χ1v) is 7.80. The normalized spacial score (nSPS) is 23.5. The van der Waals surface area contributed by atoms with Gasteiger partial charge in [-0.3, -0.25) is 0 Å². The van der Waals surface area contributed by atoms with Gasteiger partial charge in [0.05, 0.1) is 0 Å². The summed E-state index contributed by atoms with van der Waals surface area (Å²) in [4.78, 5) is 8.90. The average Bonchev–Trinajstić information content (AvgIpc) is 3.23. The highest BCUT2D eigenvalue weighted by Gasteiger charge is 2.38. The van der Waals surface area contributed by atoms with E-state index in [0.717, 1.165) is 17.9 Å². The Morgan fingerprint density at radius 2 is 1.78 bits per heavy atom. The number of aliphatic carboxylic acids is 1. The SMILES string of the molecule is CNC1CC(c2ccc(C)c(C3CC3)c2)C1.O=C(O)C(F)(F)F. The summed E-state index contributed by atoms with van der Waals surface area (Å²) in [6.07, 6.45) is 0.384. The molecule has 0 amide bonds. The number of carbonyl (C=O) groups is 1. The molecule has 0 aromatic heterocycles. The second kappa shape index (κ2) is 6.91. The van der Waals surface area contributed by atoms with E-state index in [9.17, 15) is 13.2 Å². The Hall–Kier alpha value is -1.56. The predicted molar refractivity (Wildman–Crippen MR) is 81.7 cm³/mol. The van der Waals surface area contributed by atoms with Crippen LogP contribution in [0.15, 0.2) is 18.2 Å². The van der Waals surface area contributed by atoms with Crippen molar-refractivity contribution in [1.29, 1.82) is 0 Å². The number of benzene rings is 1. The van der Waals surface area contributed by atoms with Crippen LogP contribution >= 0.6 is 0 Å². The van der Waals surface area contributed by atoms with E-state index in [1.54, 1.807) is 11.1 Å². The molecule has 0 aliphatic heterocycles. The van der Waals surface area contributed by atoms with Gasteiger partial charge >= 0.3 is 12.1 Å². The van der Waals surface area contributed by atoms with E-state index in [1.165, 1.54) is 31.2 Å². The van der Waals surface area contributed by atoms with Gasteiger partial charge in [-0.1, -0.05) is 18.2 Å². The van der Waals surface area contributed by atoms with Crippen molar-refractivity contribution < 1.29 is 23.1 Å². The minimum Gasteiger partial charge on any atom is -0.475 e. The Labute approximate surface area is 133 Å². The first kappa shape index (κ1) is 17.8. The molecule has 0 heterocycles. The fraction of sp³-hybridized carbons (Fsp3) is 0.588. The predicted octanol–water partition coefficient (Wildman–Crippen LogP) is 3.97.